The highest BCUT2D eigenvalue weighted by Gasteiger charge is 2.12. The van der Waals surface area contributed by atoms with Gasteiger partial charge < -0.3 is 5.32 Å². The lowest BCUT2D eigenvalue weighted by atomic mass is 10.1. The van der Waals surface area contributed by atoms with E-state index in [1.807, 2.05) is 66.7 Å². The van der Waals surface area contributed by atoms with Gasteiger partial charge in [-0.3, -0.25) is 4.79 Å². The van der Waals surface area contributed by atoms with Crippen molar-refractivity contribution < 1.29 is 4.79 Å². The SMILES string of the molecule is O=C(CSc1nc(-c2ccccc2)cc(-c2ccccc2)n1)Nc1cccc(Cl)c1Cl. The first-order valence-electron chi connectivity index (χ1n) is 9.47. The van der Waals surface area contributed by atoms with Gasteiger partial charge in [0.15, 0.2) is 5.16 Å². The number of amides is 1. The molecule has 7 heteroatoms. The fourth-order valence-electron chi connectivity index (χ4n) is 2.92. The van der Waals surface area contributed by atoms with E-state index >= 15 is 0 Å². The number of hydrogen-bond acceptors (Lipinski definition) is 4. The molecular formula is C24H17Cl2N3OS. The van der Waals surface area contributed by atoms with Gasteiger partial charge >= 0.3 is 0 Å². The Morgan fingerprint density at radius 1 is 0.806 bits per heavy atom. The molecule has 0 spiro atoms. The van der Waals surface area contributed by atoms with Crippen molar-refractivity contribution in [3.63, 3.8) is 0 Å². The van der Waals surface area contributed by atoms with Gasteiger partial charge in [0, 0.05) is 11.1 Å². The van der Waals surface area contributed by atoms with E-state index in [-0.39, 0.29) is 11.7 Å². The van der Waals surface area contributed by atoms with Crippen LogP contribution in [0.5, 0.6) is 0 Å². The van der Waals surface area contributed by atoms with E-state index in [4.69, 9.17) is 23.2 Å². The van der Waals surface area contributed by atoms with Gasteiger partial charge in [0.2, 0.25) is 5.91 Å². The van der Waals surface area contributed by atoms with Crippen LogP contribution in [0.2, 0.25) is 10.0 Å². The monoisotopic (exact) mass is 465 g/mol. The van der Waals surface area contributed by atoms with Crippen LogP contribution in [-0.4, -0.2) is 21.6 Å². The number of benzene rings is 3. The van der Waals surface area contributed by atoms with Crippen LogP contribution in [0.25, 0.3) is 22.5 Å². The minimum absolute atomic E-state index is 0.134. The highest BCUT2D eigenvalue weighted by molar-refractivity contribution is 7.99. The summed E-state index contributed by atoms with van der Waals surface area (Å²) in [6.45, 7) is 0. The third-order valence-electron chi connectivity index (χ3n) is 4.40. The molecule has 1 aromatic heterocycles. The van der Waals surface area contributed by atoms with Crippen LogP contribution in [0, 0.1) is 0 Å². The summed E-state index contributed by atoms with van der Waals surface area (Å²) in [6.07, 6.45) is 0. The molecule has 1 N–H and O–H groups in total. The van der Waals surface area contributed by atoms with Gasteiger partial charge in [0.05, 0.1) is 32.9 Å². The van der Waals surface area contributed by atoms with Gasteiger partial charge in [0.1, 0.15) is 0 Å². The van der Waals surface area contributed by atoms with Crippen LogP contribution in [0.3, 0.4) is 0 Å². The van der Waals surface area contributed by atoms with Crippen molar-refractivity contribution in [2.75, 3.05) is 11.1 Å². The normalized spacial score (nSPS) is 10.6. The van der Waals surface area contributed by atoms with E-state index < -0.39 is 0 Å². The van der Waals surface area contributed by atoms with Crippen molar-refractivity contribution >= 4 is 46.6 Å². The maximum absolute atomic E-state index is 12.5. The average Bonchev–Trinajstić information content (AvgIpc) is 2.82. The maximum Gasteiger partial charge on any atom is 0.234 e. The first-order chi connectivity index (χ1) is 15.1. The van der Waals surface area contributed by atoms with E-state index in [2.05, 4.69) is 15.3 Å². The number of rotatable bonds is 6. The summed E-state index contributed by atoms with van der Waals surface area (Å²) in [6, 6.07) is 26.9. The summed E-state index contributed by atoms with van der Waals surface area (Å²) in [7, 11) is 0. The number of aromatic nitrogens is 2. The van der Waals surface area contributed by atoms with E-state index in [0.717, 1.165) is 22.5 Å². The molecule has 0 aliphatic rings. The van der Waals surface area contributed by atoms with Crippen molar-refractivity contribution in [2.24, 2.45) is 0 Å². The van der Waals surface area contributed by atoms with E-state index in [1.54, 1.807) is 18.2 Å². The number of carbonyl (C=O) groups excluding carboxylic acids is 1. The molecule has 0 saturated heterocycles. The molecule has 1 heterocycles. The number of anilines is 1. The molecule has 4 aromatic rings. The number of nitrogens with zero attached hydrogens (tertiary/aromatic N) is 2. The van der Waals surface area contributed by atoms with Crippen LogP contribution < -0.4 is 5.32 Å². The third-order valence-corrected chi connectivity index (χ3v) is 6.07. The van der Waals surface area contributed by atoms with Gasteiger partial charge in [0.25, 0.3) is 0 Å². The van der Waals surface area contributed by atoms with E-state index in [9.17, 15) is 4.79 Å². The number of halogens is 2. The Morgan fingerprint density at radius 2 is 1.39 bits per heavy atom. The predicted octanol–water partition coefficient (Wildman–Crippen LogP) is 6.85. The van der Waals surface area contributed by atoms with Gasteiger partial charge in [-0.1, -0.05) is 102 Å². The molecule has 0 atom stereocenters. The number of hydrogen-bond donors (Lipinski definition) is 1. The highest BCUT2D eigenvalue weighted by Crippen LogP contribution is 2.30. The first-order valence-corrected chi connectivity index (χ1v) is 11.2. The Hall–Kier alpha value is -2.86. The fraction of sp³-hybridized carbons (Fsp3) is 0.0417. The van der Waals surface area contributed by atoms with Gasteiger partial charge in [-0.05, 0) is 18.2 Å². The lowest BCUT2D eigenvalue weighted by molar-refractivity contribution is -0.113. The quantitative estimate of drug-likeness (QED) is 0.250. The van der Waals surface area contributed by atoms with Crippen LogP contribution in [-0.2, 0) is 4.79 Å². The second-order valence-electron chi connectivity index (χ2n) is 6.59. The zero-order valence-corrected chi connectivity index (χ0v) is 18.6. The molecule has 154 valence electrons. The summed E-state index contributed by atoms with van der Waals surface area (Å²) >= 11 is 13.4. The van der Waals surface area contributed by atoms with Crippen molar-refractivity contribution in [1.82, 2.24) is 9.97 Å². The Labute approximate surface area is 194 Å². The van der Waals surface area contributed by atoms with Gasteiger partial charge in [-0.25, -0.2) is 9.97 Å². The Morgan fingerprint density at radius 3 is 1.97 bits per heavy atom. The number of carbonyl (C=O) groups is 1. The van der Waals surface area contributed by atoms with E-state index in [1.165, 1.54) is 11.8 Å². The summed E-state index contributed by atoms with van der Waals surface area (Å²) in [5.74, 6) is -0.0841. The first kappa shape index (κ1) is 21.4. The van der Waals surface area contributed by atoms with Gasteiger partial charge in [-0.15, -0.1) is 0 Å². The van der Waals surface area contributed by atoms with Crippen molar-refractivity contribution in [2.45, 2.75) is 5.16 Å². The van der Waals surface area contributed by atoms with Crippen LogP contribution in [0.1, 0.15) is 0 Å². The molecule has 3 aromatic carbocycles. The number of thioether (sulfide) groups is 1. The zero-order valence-electron chi connectivity index (χ0n) is 16.3. The molecule has 0 radical (unpaired) electrons. The second kappa shape index (κ2) is 9.96. The zero-order chi connectivity index (χ0) is 21.6. The largest absolute Gasteiger partial charge is 0.324 e. The minimum Gasteiger partial charge on any atom is -0.324 e. The second-order valence-corrected chi connectivity index (χ2v) is 8.32. The van der Waals surface area contributed by atoms with Crippen molar-refractivity contribution in [3.8, 4) is 22.5 Å². The molecule has 1 amide bonds. The minimum atomic E-state index is -0.218. The molecule has 4 rings (SSSR count). The maximum atomic E-state index is 12.5. The average molecular weight is 466 g/mol. The molecule has 0 aliphatic carbocycles. The van der Waals surface area contributed by atoms with Crippen molar-refractivity contribution in [3.05, 3.63) is 95.0 Å². The molecule has 0 fully saturated rings. The standard InChI is InChI=1S/C24H17Cl2N3OS/c25-18-12-7-13-19(23(18)26)27-22(30)15-31-24-28-20(16-8-3-1-4-9-16)14-21(29-24)17-10-5-2-6-11-17/h1-14H,15H2,(H,27,30). The molecule has 31 heavy (non-hydrogen) atoms. The lowest BCUT2D eigenvalue weighted by Crippen LogP contribution is -2.14. The van der Waals surface area contributed by atoms with Gasteiger partial charge in [-0.2, -0.15) is 0 Å². The number of nitrogens with one attached hydrogen (secondary N) is 1. The predicted molar refractivity (Wildman–Crippen MR) is 129 cm³/mol. The summed E-state index contributed by atoms with van der Waals surface area (Å²) in [5, 5.41) is 4.01. The smallest absolute Gasteiger partial charge is 0.234 e. The van der Waals surface area contributed by atoms with Crippen LogP contribution >= 0.6 is 35.0 Å². The molecule has 0 saturated carbocycles. The van der Waals surface area contributed by atoms with Crippen LogP contribution in [0.15, 0.2) is 90.1 Å². The Balaban J connectivity index is 1.57. The highest BCUT2D eigenvalue weighted by atomic mass is 35.5. The summed E-state index contributed by atoms with van der Waals surface area (Å²) in [4.78, 5) is 21.8. The third kappa shape index (κ3) is 5.44. The van der Waals surface area contributed by atoms with Crippen molar-refractivity contribution in [1.29, 1.82) is 0 Å². The molecule has 0 unspecified atom stereocenters. The summed E-state index contributed by atoms with van der Waals surface area (Å²) in [5.41, 5.74) is 4.05. The van der Waals surface area contributed by atoms with Crippen LogP contribution in [0.4, 0.5) is 5.69 Å². The van der Waals surface area contributed by atoms with E-state index in [0.29, 0.717) is 20.9 Å². The molecular weight excluding hydrogens is 449 g/mol. The topological polar surface area (TPSA) is 54.9 Å². The Kier molecular flexibility index (Phi) is 6.87. The Bertz CT molecular complexity index is 1150. The summed E-state index contributed by atoms with van der Waals surface area (Å²) < 4.78 is 0. The lowest BCUT2D eigenvalue weighted by Gasteiger charge is -2.10. The molecule has 0 bridgehead atoms. The fourth-order valence-corrected chi connectivity index (χ4v) is 3.93. The molecule has 4 nitrogen and oxygen atoms in total. The molecule has 0 aliphatic heterocycles.